The number of hydrogen-bond acceptors (Lipinski definition) is 4. The van der Waals surface area contributed by atoms with Gasteiger partial charge in [-0.3, -0.25) is 4.79 Å². The molecule has 1 aromatic carbocycles. The fourth-order valence-electron chi connectivity index (χ4n) is 1.26. The molecule has 0 radical (unpaired) electrons. The molecule has 0 fully saturated rings. The first-order chi connectivity index (χ1) is 8.08. The maximum atomic E-state index is 11.8. The van der Waals surface area contributed by atoms with Gasteiger partial charge in [-0.2, -0.15) is 0 Å². The van der Waals surface area contributed by atoms with E-state index in [1.807, 2.05) is 19.1 Å². The minimum Gasteiger partial charge on any atom is -0.318 e. The molecule has 0 aliphatic rings. The fraction of sp³-hybridized carbons (Fsp3) is 0.100. The Morgan fingerprint density at radius 1 is 1.35 bits per heavy atom. The molecule has 0 saturated heterocycles. The number of carbonyl (C=O) groups excluding carboxylic acids is 1. The summed E-state index contributed by atoms with van der Waals surface area (Å²) in [5.74, 6) is -0.266. The summed E-state index contributed by atoms with van der Waals surface area (Å²) < 4.78 is 1.64. The number of aromatic nitrogens is 2. The minimum atomic E-state index is -0.266. The first-order valence-corrected chi connectivity index (χ1v) is 7.07. The summed E-state index contributed by atoms with van der Waals surface area (Å²) >= 11 is 8.02. The smallest absolute Gasteiger partial charge is 0.286 e. The summed E-state index contributed by atoms with van der Waals surface area (Å²) in [6.07, 6.45) is 0. The van der Waals surface area contributed by atoms with Crippen molar-refractivity contribution >= 4 is 54.8 Å². The summed E-state index contributed by atoms with van der Waals surface area (Å²) in [6.45, 7) is 1.98. The van der Waals surface area contributed by atoms with Crippen LogP contribution in [0, 0.1) is 6.92 Å². The second-order valence-corrected chi connectivity index (χ2v) is 5.84. The third-order valence-electron chi connectivity index (χ3n) is 1.98. The van der Waals surface area contributed by atoms with Crippen molar-refractivity contribution in [3.05, 3.63) is 37.2 Å². The van der Waals surface area contributed by atoms with Gasteiger partial charge in [0.1, 0.15) is 5.51 Å². The molecule has 17 heavy (non-hydrogen) atoms. The highest BCUT2D eigenvalue weighted by atomic mass is 79.9. The van der Waals surface area contributed by atoms with Crippen LogP contribution in [0.1, 0.15) is 15.4 Å². The second kappa shape index (κ2) is 5.24. The Kier molecular flexibility index (Phi) is 3.90. The normalized spacial score (nSPS) is 10.3. The molecule has 0 atom stereocenters. The Labute approximate surface area is 119 Å². The van der Waals surface area contributed by atoms with Crippen molar-refractivity contribution < 1.29 is 4.79 Å². The molecule has 1 amide bonds. The largest absolute Gasteiger partial charge is 0.318 e. The van der Waals surface area contributed by atoms with Gasteiger partial charge in [-0.1, -0.05) is 11.3 Å². The lowest BCUT2D eigenvalue weighted by atomic mass is 10.2. The zero-order valence-electron chi connectivity index (χ0n) is 8.70. The summed E-state index contributed by atoms with van der Waals surface area (Å²) in [6, 6.07) is 3.86. The number of amides is 1. The molecule has 0 spiro atoms. The average molecular weight is 377 g/mol. The summed E-state index contributed by atoms with van der Waals surface area (Å²) in [5.41, 5.74) is 3.31. The third-order valence-corrected chi connectivity index (χ3v) is 3.92. The van der Waals surface area contributed by atoms with E-state index < -0.39 is 0 Å². The lowest BCUT2D eigenvalue weighted by Gasteiger charge is -2.09. The Bertz CT molecular complexity index is 534. The van der Waals surface area contributed by atoms with E-state index in [-0.39, 0.29) is 5.91 Å². The van der Waals surface area contributed by atoms with E-state index in [0.29, 0.717) is 10.7 Å². The predicted octanol–water partition coefficient (Wildman–Crippen LogP) is 3.62. The third kappa shape index (κ3) is 2.91. The maximum Gasteiger partial charge on any atom is 0.286 e. The van der Waals surface area contributed by atoms with Crippen LogP contribution in [0.25, 0.3) is 0 Å². The highest BCUT2D eigenvalue weighted by Crippen LogP contribution is 2.32. The van der Waals surface area contributed by atoms with Crippen molar-refractivity contribution in [3.8, 4) is 0 Å². The molecule has 88 valence electrons. The van der Waals surface area contributed by atoms with Gasteiger partial charge < -0.3 is 5.32 Å². The quantitative estimate of drug-likeness (QED) is 0.870. The van der Waals surface area contributed by atoms with E-state index >= 15 is 0 Å². The zero-order chi connectivity index (χ0) is 12.4. The Morgan fingerprint density at radius 2 is 2.00 bits per heavy atom. The highest BCUT2D eigenvalue weighted by Gasteiger charge is 2.13. The standard InChI is InChI=1S/C10H7Br2N3OS/c1-5-2-6(11)8(7(12)3-5)14-9(16)10-15-13-4-17-10/h2-4H,1H3,(H,14,16). The number of nitrogens with one attached hydrogen (secondary N) is 1. The van der Waals surface area contributed by atoms with E-state index in [4.69, 9.17) is 0 Å². The van der Waals surface area contributed by atoms with Crippen LogP contribution < -0.4 is 5.32 Å². The number of aryl methyl sites for hydroxylation is 1. The molecule has 0 aliphatic carbocycles. The van der Waals surface area contributed by atoms with Gasteiger partial charge in [0, 0.05) is 8.95 Å². The molecule has 0 bridgehead atoms. The molecule has 4 nitrogen and oxygen atoms in total. The van der Waals surface area contributed by atoms with E-state index in [0.717, 1.165) is 14.5 Å². The molecular weight excluding hydrogens is 370 g/mol. The van der Waals surface area contributed by atoms with Gasteiger partial charge in [0.05, 0.1) is 5.69 Å². The van der Waals surface area contributed by atoms with E-state index in [1.165, 1.54) is 16.8 Å². The van der Waals surface area contributed by atoms with E-state index in [1.54, 1.807) is 0 Å². The lowest BCUT2D eigenvalue weighted by molar-refractivity contribution is 0.102. The number of nitrogens with zero attached hydrogens (tertiary/aromatic N) is 2. The van der Waals surface area contributed by atoms with Gasteiger partial charge in [-0.25, -0.2) is 0 Å². The van der Waals surface area contributed by atoms with Crippen LogP contribution in [-0.2, 0) is 0 Å². The molecule has 0 unspecified atom stereocenters. The summed E-state index contributed by atoms with van der Waals surface area (Å²) in [7, 11) is 0. The fourth-order valence-corrected chi connectivity index (χ4v) is 3.32. The van der Waals surface area contributed by atoms with Crippen LogP contribution in [0.4, 0.5) is 5.69 Å². The number of halogens is 2. The second-order valence-electron chi connectivity index (χ2n) is 3.30. The molecule has 0 saturated carbocycles. The van der Waals surface area contributed by atoms with Crippen molar-refractivity contribution in [1.29, 1.82) is 0 Å². The number of anilines is 1. The number of rotatable bonds is 2. The van der Waals surface area contributed by atoms with Crippen molar-refractivity contribution in [2.45, 2.75) is 6.92 Å². The van der Waals surface area contributed by atoms with Crippen LogP contribution in [0.3, 0.4) is 0 Å². The van der Waals surface area contributed by atoms with Gasteiger partial charge in [-0.15, -0.1) is 10.2 Å². The monoisotopic (exact) mass is 375 g/mol. The SMILES string of the molecule is Cc1cc(Br)c(NC(=O)c2nncs2)c(Br)c1. The molecule has 1 aromatic heterocycles. The molecule has 2 aromatic rings. The van der Waals surface area contributed by atoms with Gasteiger partial charge in [-0.05, 0) is 56.5 Å². The van der Waals surface area contributed by atoms with Crippen molar-refractivity contribution in [3.63, 3.8) is 0 Å². The van der Waals surface area contributed by atoms with Crippen molar-refractivity contribution in [2.24, 2.45) is 0 Å². The molecule has 0 aliphatic heterocycles. The molecule has 7 heteroatoms. The summed E-state index contributed by atoms with van der Waals surface area (Å²) in [4.78, 5) is 11.8. The Hall–Kier alpha value is -0.790. The zero-order valence-corrected chi connectivity index (χ0v) is 12.7. The first kappa shape index (κ1) is 12.7. The Balaban J connectivity index is 2.28. The average Bonchev–Trinajstić information content (AvgIpc) is 2.76. The number of benzene rings is 1. The van der Waals surface area contributed by atoms with Crippen LogP contribution in [0.2, 0.25) is 0 Å². The first-order valence-electron chi connectivity index (χ1n) is 4.61. The van der Waals surface area contributed by atoms with E-state index in [2.05, 4.69) is 47.4 Å². The van der Waals surface area contributed by atoms with Gasteiger partial charge in [0.15, 0.2) is 0 Å². The van der Waals surface area contributed by atoms with Crippen molar-refractivity contribution in [2.75, 3.05) is 5.32 Å². The van der Waals surface area contributed by atoms with Crippen LogP contribution in [0.5, 0.6) is 0 Å². The molecule has 1 heterocycles. The van der Waals surface area contributed by atoms with Crippen LogP contribution >= 0.6 is 43.2 Å². The number of carbonyl (C=O) groups is 1. The minimum absolute atomic E-state index is 0.266. The molecule has 2 rings (SSSR count). The molecule has 1 N–H and O–H groups in total. The van der Waals surface area contributed by atoms with Crippen LogP contribution in [-0.4, -0.2) is 16.1 Å². The topological polar surface area (TPSA) is 54.9 Å². The van der Waals surface area contributed by atoms with Gasteiger partial charge >= 0.3 is 0 Å². The highest BCUT2D eigenvalue weighted by molar-refractivity contribution is 9.11. The number of hydrogen-bond donors (Lipinski definition) is 1. The predicted molar refractivity (Wildman–Crippen MR) is 74.4 cm³/mol. The van der Waals surface area contributed by atoms with E-state index in [9.17, 15) is 4.79 Å². The maximum absolute atomic E-state index is 11.8. The summed E-state index contributed by atoms with van der Waals surface area (Å²) in [5, 5.41) is 10.5. The van der Waals surface area contributed by atoms with Gasteiger partial charge in [0.25, 0.3) is 5.91 Å². The Morgan fingerprint density at radius 3 is 2.53 bits per heavy atom. The lowest BCUT2D eigenvalue weighted by Crippen LogP contribution is -2.12. The molecular formula is C10H7Br2N3OS. The van der Waals surface area contributed by atoms with Crippen molar-refractivity contribution in [1.82, 2.24) is 10.2 Å². The van der Waals surface area contributed by atoms with Gasteiger partial charge in [0.2, 0.25) is 5.01 Å². The van der Waals surface area contributed by atoms with Crippen LogP contribution in [0.15, 0.2) is 26.6 Å².